The third-order valence-electron chi connectivity index (χ3n) is 6.40. The Hall–Kier alpha value is -3.70. The Labute approximate surface area is 194 Å². The summed E-state index contributed by atoms with van der Waals surface area (Å²) in [5, 5.41) is 3.30. The van der Waals surface area contributed by atoms with Crippen molar-refractivity contribution in [3.8, 4) is 0 Å². The van der Waals surface area contributed by atoms with Gasteiger partial charge in [-0.2, -0.15) is 0 Å². The van der Waals surface area contributed by atoms with E-state index in [1.165, 1.54) is 0 Å². The minimum atomic E-state index is -0.604. The molecule has 0 saturated carbocycles. The molecule has 1 aliphatic heterocycles. The molecule has 5 heteroatoms. The van der Waals surface area contributed by atoms with Gasteiger partial charge in [0, 0.05) is 32.4 Å². The molecule has 0 bridgehead atoms. The van der Waals surface area contributed by atoms with Crippen LogP contribution in [-0.2, 0) is 16.8 Å². The number of imidazole rings is 1. The average Bonchev–Trinajstić information content (AvgIpc) is 3.35. The van der Waals surface area contributed by atoms with Crippen LogP contribution in [0.5, 0.6) is 0 Å². The van der Waals surface area contributed by atoms with Crippen molar-refractivity contribution >= 4 is 5.91 Å². The third-order valence-corrected chi connectivity index (χ3v) is 6.40. The first-order valence-electron chi connectivity index (χ1n) is 11.5. The number of aromatic nitrogens is 2. The van der Waals surface area contributed by atoms with Crippen LogP contribution in [0.4, 0.5) is 0 Å². The van der Waals surface area contributed by atoms with Gasteiger partial charge in [0.2, 0.25) is 5.91 Å². The van der Waals surface area contributed by atoms with Crippen molar-refractivity contribution in [2.24, 2.45) is 0 Å². The summed E-state index contributed by atoms with van der Waals surface area (Å²) < 4.78 is 2.16. The van der Waals surface area contributed by atoms with E-state index in [4.69, 9.17) is 4.98 Å². The van der Waals surface area contributed by atoms with E-state index in [0.717, 1.165) is 48.6 Å². The molecule has 0 spiro atoms. The number of rotatable bonds is 6. The molecule has 0 unspecified atom stereocenters. The van der Waals surface area contributed by atoms with Gasteiger partial charge in [0.1, 0.15) is 5.54 Å². The Morgan fingerprint density at radius 2 is 1.27 bits per heavy atom. The third kappa shape index (κ3) is 4.08. The monoisotopic (exact) mass is 436 g/mol. The number of amides is 1. The first kappa shape index (κ1) is 21.2. The van der Waals surface area contributed by atoms with E-state index < -0.39 is 5.54 Å². The predicted octanol–water partition coefficient (Wildman–Crippen LogP) is 3.70. The molecular formula is C28H28N4O. The van der Waals surface area contributed by atoms with E-state index in [-0.39, 0.29) is 5.91 Å². The van der Waals surface area contributed by atoms with Crippen LogP contribution >= 0.6 is 0 Å². The lowest BCUT2D eigenvalue weighted by Gasteiger charge is -2.37. The minimum absolute atomic E-state index is 0.131. The number of piperazine rings is 1. The fraction of sp³-hybridized carbons (Fsp3) is 0.214. The summed E-state index contributed by atoms with van der Waals surface area (Å²) in [4.78, 5) is 19.5. The fourth-order valence-corrected chi connectivity index (χ4v) is 4.80. The van der Waals surface area contributed by atoms with Gasteiger partial charge in [0.05, 0.1) is 18.4 Å². The van der Waals surface area contributed by atoms with Crippen LogP contribution in [0.1, 0.15) is 22.4 Å². The van der Waals surface area contributed by atoms with Gasteiger partial charge in [-0.3, -0.25) is 4.79 Å². The molecule has 1 saturated heterocycles. The molecule has 2 heterocycles. The van der Waals surface area contributed by atoms with Crippen LogP contribution in [-0.4, -0.2) is 46.5 Å². The zero-order valence-corrected chi connectivity index (χ0v) is 18.6. The van der Waals surface area contributed by atoms with E-state index in [0.29, 0.717) is 6.42 Å². The van der Waals surface area contributed by atoms with E-state index in [9.17, 15) is 4.79 Å². The predicted molar refractivity (Wildman–Crippen MR) is 130 cm³/mol. The summed E-state index contributed by atoms with van der Waals surface area (Å²) in [6.45, 7) is 3.20. The van der Waals surface area contributed by atoms with E-state index in [1.807, 2.05) is 35.6 Å². The lowest BCUT2D eigenvalue weighted by atomic mass is 9.77. The highest BCUT2D eigenvalue weighted by Crippen LogP contribution is 2.40. The zero-order valence-electron chi connectivity index (χ0n) is 18.6. The second-order valence-electron chi connectivity index (χ2n) is 8.39. The number of nitrogens with zero attached hydrogens (tertiary/aromatic N) is 3. The quantitative estimate of drug-likeness (QED) is 0.469. The molecule has 1 aromatic heterocycles. The second-order valence-corrected chi connectivity index (χ2v) is 8.39. The van der Waals surface area contributed by atoms with Gasteiger partial charge in [-0.05, 0) is 16.7 Å². The molecule has 5 rings (SSSR count). The van der Waals surface area contributed by atoms with Crippen molar-refractivity contribution in [2.75, 3.05) is 26.2 Å². The largest absolute Gasteiger partial charge is 0.340 e. The smallest absolute Gasteiger partial charge is 0.228 e. The number of hydrogen-bond acceptors (Lipinski definition) is 3. The van der Waals surface area contributed by atoms with Crippen LogP contribution < -0.4 is 5.32 Å². The van der Waals surface area contributed by atoms with Gasteiger partial charge < -0.3 is 14.8 Å². The maximum Gasteiger partial charge on any atom is 0.228 e. The summed E-state index contributed by atoms with van der Waals surface area (Å²) in [7, 11) is 0. The lowest BCUT2D eigenvalue weighted by molar-refractivity contribution is -0.131. The Morgan fingerprint density at radius 3 is 1.76 bits per heavy atom. The molecule has 1 fully saturated rings. The van der Waals surface area contributed by atoms with Crippen molar-refractivity contribution in [1.29, 1.82) is 0 Å². The first-order valence-corrected chi connectivity index (χ1v) is 11.5. The van der Waals surface area contributed by atoms with Gasteiger partial charge in [-0.1, -0.05) is 91.0 Å². The van der Waals surface area contributed by atoms with Crippen LogP contribution in [0, 0.1) is 0 Å². The van der Waals surface area contributed by atoms with Gasteiger partial charge in [-0.15, -0.1) is 0 Å². The normalized spacial score (nSPS) is 14.2. The minimum Gasteiger partial charge on any atom is -0.340 e. The molecule has 0 radical (unpaired) electrons. The Kier molecular flexibility index (Phi) is 6.05. The highest BCUT2D eigenvalue weighted by Gasteiger charge is 2.38. The van der Waals surface area contributed by atoms with E-state index >= 15 is 0 Å². The summed E-state index contributed by atoms with van der Waals surface area (Å²) >= 11 is 0. The SMILES string of the molecule is O=C(Cc1cn(C(c2ccccc2)(c2ccccc2)c2ccccc2)cn1)N1CCNCC1. The first-order chi connectivity index (χ1) is 16.3. The second kappa shape index (κ2) is 9.43. The maximum atomic E-state index is 12.9. The molecule has 0 aliphatic carbocycles. The van der Waals surface area contributed by atoms with Crippen molar-refractivity contribution in [3.05, 3.63) is 126 Å². The van der Waals surface area contributed by atoms with Crippen molar-refractivity contribution in [1.82, 2.24) is 19.8 Å². The molecule has 5 nitrogen and oxygen atoms in total. The van der Waals surface area contributed by atoms with Gasteiger partial charge >= 0.3 is 0 Å². The molecule has 166 valence electrons. The molecule has 1 N–H and O–H groups in total. The molecule has 3 aromatic carbocycles. The molecule has 0 atom stereocenters. The van der Waals surface area contributed by atoms with Crippen LogP contribution in [0.2, 0.25) is 0 Å². The molecular weight excluding hydrogens is 408 g/mol. The van der Waals surface area contributed by atoms with Crippen molar-refractivity contribution < 1.29 is 4.79 Å². The van der Waals surface area contributed by atoms with Gasteiger partial charge in [0.25, 0.3) is 0 Å². The fourth-order valence-electron chi connectivity index (χ4n) is 4.80. The number of carbonyl (C=O) groups excluding carboxylic acids is 1. The number of hydrogen-bond donors (Lipinski definition) is 1. The molecule has 33 heavy (non-hydrogen) atoms. The molecule has 1 amide bonds. The van der Waals surface area contributed by atoms with Crippen molar-refractivity contribution in [3.63, 3.8) is 0 Å². The zero-order chi connectivity index (χ0) is 22.5. The number of nitrogens with one attached hydrogen (secondary N) is 1. The number of carbonyl (C=O) groups is 1. The van der Waals surface area contributed by atoms with Gasteiger partial charge in [0.15, 0.2) is 0 Å². The highest BCUT2D eigenvalue weighted by atomic mass is 16.2. The standard InChI is InChI=1S/C28H28N4O/c33-27(31-18-16-29-17-19-31)20-26-21-32(22-30-26)28(23-10-4-1-5-11-23,24-12-6-2-7-13-24)25-14-8-3-9-15-25/h1-15,21-22,29H,16-20H2. The van der Waals surface area contributed by atoms with Crippen LogP contribution in [0.25, 0.3) is 0 Å². The lowest BCUT2D eigenvalue weighted by Crippen LogP contribution is -2.47. The Bertz CT molecular complexity index is 1090. The summed E-state index contributed by atoms with van der Waals surface area (Å²) in [6.07, 6.45) is 4.21. The van der Waals surface area contributed by atoms with Crippen LogP contribution in [0.3, 0.4) is 0 Å². The molecule has 4 aromatic rings. The van der Waals surface area contributed by atoms with Crippen LogP contribution in [0.15, 0.2) is 104 Å². The van der Waals surface area contributed by atoms with Crippen molar-refractivity contribution in [2.45, 2.75) is 12.0 Å². The Balaban J connectivity index is 1.62. The van der Waals surface area contributed by atoms with E-state index in [2.05, 4.69) is 82.7 Å². The average molecular weight is 437 g/mol. The molecule has 1 aliphatic rings. The number of benzene rings is 3. The topological polar surface area (TPSA) is 50.2 Å². The summed E-state index contributed by atoms with van der Waals surface area (Å²) in [5.41, 5.74) is 3.60. The summed E-state index contributed by atoms with van der Waals surface area (Å²) in [6, 6.07) is 31.5. The van der Waals surface area contributed by atoms with E-state index in [1.54, 1.807) is 0 Å². The Morgan fingerprint density at radius 1 is 0.788 bits per heavy atom. The summed E-state index contributed by atoms with van der Waals surface area (Å²) in [5.74, 6) is 0.131. The highest BCUT2D eigenvalue weighted by molar-refractivity contribution is 5.78. The maximum absolute atomic E-state index is 12.9. The van der Waals surface area contributed by atoms with Gasteiger partial charge in [-0.25, -0.2) is 4.98 Å².